The summed E-state index contributed by atoms with van der Waals surface area (Å²) in [7, 11) is 0. The van der Waals surface area contributed by atoms with E-state index in [0.29, 0.717) is 24.2 Å². The number of pyridine rings is 1. The number of carboxylic acids is 1. The van der Waals surface area contributed by atoms with E-state index in [2.05, 4.69) is 0 Å². The van der Waals surface area contributed by atoms with E-state index in [1.54, 1.807) is 31.2 Å². The lowest BCUT2D eigenvalue weighted by Crippen LogP contribution is -2.29. The Balaban J connectivity index is 2.57. The Morgan fingerprint density at radius 2 is 2.10 bits per heavy atom. The largest absolute Gasteiger partial charge is 0.494 e. The van der Waals surface area contributed by atoms with Crippen LogP contribution in [0.15, 0.2) is 35.3 Å². The van der Waals surface area contributed by atoms with Gasteiger partial charge >= 0.3 is 5.97 Å². The zero-order valence-electron chi connectivity index (χ0n) is 11.5. The first-order chi connectivity index (χ1) is 9.58. The number of rotatable bonds is 5. The third-order valence-electron chi connectivity index (χ3n) is 3.22. The minimum atomic E-state index is -1.00. The first-order valence-electron chi connectivity index (χ1n) is 6.59. The van der Waals surface area contributed by atoms with Crippen molar-refractivity contribution in [3.05, 3.63) is 40.8 Å². The molecule has 20 heavy (non-hydrogen) atoms. The van der Waals surface area contributed by atoms with E-state index in [0.717, 1.165) is 5.39 Å². The number of benzene rings is 1. The van der Waals surface area contributed by atoms with Gasteiger partial charge in [-0.3, -0.25) is 4.79 Å². The molecule has 106 valence electrons. The van der Waals surface area contributed by atoms with Gasteiger partial charge in [0.25, 0.3) is 5.56 Å². The molecule has 1 heterocycles. The lowest BCUT2D eigenvalue weighted by Gasteiger charge is -2.14. The summed E-state index contributed by atoms with van der Waals surface area (Å²) in [5, 5.41) is 10.4. The van der Waals surface area contributed by atoms with Crippen molar-refractivity contribution in [2.24, 2.45) is 0 Å². The van der Waals surface area contributed by atoms with Crippen molar-refractivity contribution in [3.8, 4) is 5.75 Å². The second-order valence-corrected chi connectivity index (χ2v) is 4.47. The lowest BCUT2D eigenvalue weighted by molar-refractivity contribution is -0.141. The SMILES string of the molecule is CCOc1ccc2c(=O)n(C(CC)C(=O)O)ccc2c1. The summed E-state index contributed by atoms with van der Waals surface area (Å²) in [6.07, 6.45) is 1.89. The third kappa shape index (κ3) is 2.52. The number of hydrogen-bond acceptors (Lipinski definition) is 3. The maximum absolute atomic E-state index is 12.4. The summed E-state index contributed by atoms with van der Waals surface area (Å²) in [4.78, 5) is 23.5. The minimum absolute atomic E-state index is 0.292. The summed E-state index contributed by atoms with van der Waals surface area (Å²) in [5.41, 5.74) is -0.292. The highest BCUT2D eigenvalue weighted by Gasteiger charge is 2.19. The molecule has 1 aromatic carbocycles. The Labute approximate surface area is 116 Å². The quantitative estimate of drug-likeness (QED) is 0.910. The fourth-order valence-electron chi connectivity index (χ4n) is 2.23. The van der Waals surface area contributed by atoms with E-state index in [9.17, 15) is 9.59 Å². The molecule has 1 atom stereocenters. The molecule has 0 amide bonds. The molecule has 2 aromatic rings. The molecule has 2 rings (SSSR count). The van der Waals surface area contributed by atoms with Crippen molar-refractivity contribution < 1.29 is 14.6 Å². The Hall–Kier alpha value is -2.30. The first kappa shape index (κ1) is 14.1. The zero-order chi connectivity index (χ0) is 14.7. The van der Waals surface area contributed by atoms with Crippen LogP contribution in [0.3, 0.4) is 0 Å². The highest BCUT2D eigenvalue weighted by molar-refractivity contribution is 5.83. The second-order valence-electron chi connectivity index (χ2n) is 4.47. The molecule has 0 bridgehead atoms. The van der Waals surface area contributed by atoms with Crippen LogP contribution in [0, 0.1) is 0 Å². The van der Waals surface area contributed by atoms with Crippen LogP contribution >= 0.6 is 0 Å². The molecule has 0 spiro atoms. The van der Waals surface area contributed by atoms with Crippen LogP contribution in [-0.2, 0) is 4.79 Å². The van der Waals surface area contributed by atoms with Crippen molar-refractivity contribution in [3.63, 3.8) is 0 Å². The normalized spacial score (nSPS) is 12.3. The fraction of sp³-hybridized carbons (Fsp3) is 0.333. The number of aliphatic carboxylic acids is 1. The minimum Gasteiger partial charge on any atom is -0.494 e. The second kappa shape index (κ2) is 5.77. The summed E-state index contributed by atoms with van der Waals surface area (Å²) in [5.74, 6) is -0.303. The van der Waals surface area contributed by atoms with E-state index in [-0.39, 0.29) is 5.56 Å². The van der Waals surface area contributed by atoms with E-state index in [1.165, 1.54) is 10.8 Å². The van der Waals surface area contributed by atoms with Gasteiger partial charge in [-0.1, -0.05) is 6.92 Å². The molecule has 0 fully saturated rings. The number of carbonyl (C=O) groups is 1. The van der Waals surface area contributed by atoms with Crippen molar-refractivity contribution >= 4 is 16.7 Å². The maximum Gasteiger partial charge on any atom is 0.326 e. The summed E-state index contributed by atoms with van der Waals surface area (Å²) >= 11 is 0. The van der Waals surface area contributed by atoms with Gasteiger partial charge in [-0.2, -0.15) is 0 Å². The highest BCUT2D eigenvalue weighted by atomic mass is 16.5. The monoisotopic (exact) mass is 275 g/mol. The van der Waals surface area contributed by atoms with E-state index >= 15 is 0 Å². The Morgan fingerprint density at radius 1 is 1.35 bits per heavy atom. The molecule has 5 nitrogen and oxygen atoms in total. The summed E-state index contributed by atoms with van der Waals surface area (Å²) < 4.78 is 6.66. The first-order valence-corrected chi connectivity index (χ1v) is 6.59. The van der Waals surface area contributed by atoms with Gasteiger partial charge in [-0.05, 0) is 43.0 Å². The number of aromatic nitrogens is 1. The molecule has 0 radical (unpaired) electrons. The Bertz CT molecular complexity index is 690. The van der Waals surface area contributed by atoms with Gasteiger partial charge < -0.3 is 14.4 Å². The molecule has 0 saturated heterocycles. The molecule has 5 heteroatoms. The number of nitrogens with zero attached hydrogens (tertiary/aromatic N) is 1. The highest BCUT2D eigenvalue weighted by Crippen LogP contribution is 2.19. The molecule has 0 saturated carbocycles. The van der Waals surface area contributed by atoms with Gasteiger partial charge in [0, 0.05) is 11.6 Å². The Kier molecular flexibility index (Phi) is 4.08. The van der Waals surface area contributed by atoms with Crippen LogP contribution in [0.1, 0.15) is 26.3 Å². The fourth-order valence-corrected chi connectivity index (χ4v) is 2.23. The molecule has 0 aliphatic heterocycles. The van der Waals surface area contributed by atoms with Crippen LogP contribution in [0.25, 0.3) is 10.8 Å². The molecule has 0 aliphatic carbocycles. The summed E-state index contributed by atoms with van der Waals surface area (Å²) in [6.45, 7) is 4.19. The number of carboxylic acid groups (broad SMARTS) is 1. The van der Waals surface area contributed by atoms with Crippen LogP contribution in [0.2, 0.25) is 0 Å². The van der Waals surface area contributed by atoms with E-state index < -0.39 is 12.0 Å². The van der Waals surface area contributed by atoms with Gasteiger partial charge in [0.2, 0.25) is 0 Å². The predicted octanol–water partition coefficient (Wildman–Crippen LogP) is 2.44. The van der Waals surface area contributed by atoms with Gasteiger partial charge in [0.1, 0.15) is 11.8 Å². The van der Waals surface area contributed by atoms with Crippen molar-refractivity contribution in [2.45, 2.75) is 26.3 Å². The Morgan fingerprint density at radius 3 is 2.70 bits per heavy atom. The van der Waals surface area contributed by atoms with Crippen LogP contribution < -0.4 is 10.3 Å². The number of hydrogen-bond donors (Lipinski definition) is 1. The van der Waals surface area contributed by atoms with Gasteiger partial charge in [-0.15, -0.1) is 0 Å². The van der Waals surface area contributed by atoms with Crippen LogP contribution in [-0.4, -0.2) is 22.2 Å². The molecular weight excluding hydrogens is 258 g/mol. The predicted molar refractivity (Wildman–Crippen MR) is 76.3 cm³/mol. The average molecular weight is 275 g/mol. The average Bonchev–Trinajstić information content (AvgIpc) is 2.42. The maximum atomic E-state index is 12.4. The third-order valence-corrected chi connectivity index (χ3v) is 3.22. The van der Waals surface area contributed by atoms with E-state index in [4.69, 9.17) is 9.84 Å². The van der Waals surface area contributed by atoms with Crippen molar-refractivity contribution in [1.29, 1.82) is 0 Å². The lowest BCUT2D eigenvalue weighted by atomic mass is 10.1. The van der Waals surface area contributed by atoms with Gasteiger partial charge in [-0.25, -0.2) is 4.79 Å². The molecular formula is C15H17NO4. The zero-order valence-corrected chi connectivity index (χ0v) is 11.5. The number of ether oxygens (including phenoxy) is 1. The molecule has 1 N–H and O–H groups in total. The van der Waals surface area contributed by atoms with Crippen LogP contribution in [0.4, 0.5) is 0 Å². The van der Waals surface area contributed by atoms with Gasteiger partial charge in [0.15, 0.2) is 0 Å². The summed E-state index contributed by atoms with van der Waals surface area (Å²) in [6, 6.07) is 6.09. The number of fused-ring (bicyclic) bond motifs is 1. The standard InChI is InChI=1S/C15H17NO4/c1-3-13(15(18)19)16-8-7-10-9-11(20-4-2)5-6-12(10)14(16)17/h5-9,13H,3-4H2,1-2H3,(H,18,19). The molecule has 1 unspecified atom stereocenters. The van der Waals surface area contributed by atoms with E-state index in [1.807, 2.05) is 6.92 Å². The van der Waals surface area contributed by atoms with Crippen molar-refractivity contribution in [2.75, 3.05) is 6.61 Å². The van der Waals surface area contributed by atoms with Crippen LogP contribution in [0.5, 0.6) is 5.75 Å². The topological polar surface area (TPSA) is 68.5 Å². The van der Waals surface area contributed by atoms with Crippen molar-refractivity contribution in [1.82, 2.24) is 4.57 Å². The van der Waals surface area contributed by atoms with Gasteiger partial charge in [0.05, 0.1) is 6.61 Å². The molecule has 0 aliphatic rings. The molecule has 1 aromatic heterocycles. The smallest absolute Gasteiger partial charge is 0.326 e.